The van der Waals surface area contributed by atoms with Crippen LogP contribution in [0.3, 0.4) is 0 Å². The van der Waals surface area contributed by atoms with Crippen LogP contribution < -0.4 is 0 Å². The van der Waals surface area contributed by atoms with Crippen LogP contribution in [0.5, 0.6) is 0 Å². The van der Waals surface area contributed by atoms with Crippen LogP contribution in [0.15, 0.2) is 9.98 Å². The number of carbonyl (C=O) groups excluding carboxylic acids is 4. The molecule has 1 rings (SSSR count). The van der Waals surface area contributed by atoms with Gasteiger partial charge in [-0.3, -0.25) is 9.59 Å². The van der Waals surface area contributed by atoms with Crippen molar-refractivity contribution >= 4 is 24.1 Å². The Morgan fingerprint density at radius 2 is 1.56 bits per heavy atom. The van der Waals surface area contributed by atoms with Crippen molar-refractivity contribution in [2.75, 3.05) is 19.8 Å². The minimum Gasteiger partial charge on any atom is -0.466 e. The second kappa shape index (κ2) is 12.2. The van der Waals surface area contributed by atoms with Crippen molar-refractivity contribution in [1.29, 1.82) is 0 Å². The van der Waals surface area contributed by atoms with E-state index in [0.29, 0.717) is 6.54 Å². The number of hydrogen-bond donors (Lipinski definition) is 0. The average Bonchev–Trinajstić information content (AvgIpc) is 2.52. The molecule has 0 N–H and O–H groups in total. The molecule has 0 bridgehead atoms. The monoisotopic (exact) mass is 382 g/mol. The number of isocyanates is 2. The van der Waals surface area contributed by atoms with E-state index in [1.807, 2.05) is 0 Å². The fourth-order valence-electron chi connectivity index (χ4n) is 3.63. The maximum Gasteiger partial charge on any atom is 0.317 e. The normalized spacial score (nSPS) is 22.8. The van der Waals surface area contributed by atoms with Gasteiger partial charge in [-0.05, 0) is 43.9 Å². The second-order valence-corrected chi connectivity index (χ2v) is 7.63. The molecular weight excluding hydrogens is 352 g/mol. The van der Waals surface area contributed by atoms with E-state index in [-0.39, 0.29) is 36.5 Å². The Morgan fingerprint density at radius 3 is 2.00 bits per heavy atom. The second-order valence-electron chi connectivity index (χ2n) is 7.63. The molecule has 2 atom stereocenters. The molecule has 0 heterocycles. The van der Waals surface area contributed by atoms with E-state index in [1.165, 1.54) is 0 Å². The van der Waals surface area contributed by atoms with Gasteiger partial charge in [0.2, 0.25) is 12.2 Å². The summed E-state index contributed by atoms with van der Waals surface area (Å²) in [6.45, 7) is 10.8. The highest BCUT2D eigenvalue weighted by Gasteiger charge is 2.41. The molecule has 1 aliphatic carbocycles. The summed E-state index contributed by atoms with van der Waals surface area (Å²) in [4.78, 5) is 49.2. The lowest BCUT2D eigenvalue weighted by atomic mass is 9.63. The van der Waals surface area contributed by atoms with Crippen molar-refractivity contribution in [1.82, 2.24) is 0 Å². The first-order chi connectivity index (χ1) is 12.6. The van der Waals surface area contributed by atoms with Crippen LogP contribution in [0.4, 0.5) is 0 Å². The van der Waals surface area contributed by atoms with Crippen molar-refractivity contribution < 1.29 is 28.7 Å². The van der Waals surface area contributed by atoms with E-state index in [1.54, 1.807) is 26.0 Å². The lowest BCUT2D eigenvalue weighted by Crippen LogP contribution is -2.39. The smallest absolute Gasteiger partial charge is 0.317 e. The summed E-state index contributed by atoms with van der Waals surface area (Å²) in [5, 5.41) is 0. The minimum atomic E-state index is -0.536. The van der Waals surface area contributed by atoms with E-state index < -0.39 is 11.9 Å². The SMILES string of the molecule is CC1(C)CC(N=C=O)CC(C)(CN=C=O)C1.CCOC(=O)CC(=O)OCC. The standard InChI is InChI=1S/C12H18N2O2.C7H12O4/c1-11(2)4-10(14-9-16)5-12(3,6-11)7-13-8-15;1-3-10-6(8)5-7(9)11-4-2/h10H,4-7H2,1-3H3;3-5H2,1-2H3. The summed E-state index contributed by atoms with van der Waals surface area (Å²) >= 11 is 0. The molecule has 152 valence electrons. The molecule has 1 fully saturated rings. The molecule has 0 spiro atoms. The highest BCUT2D eigenvalue weighted by molar-refractivity contribution is 5.91. The van der Waals surface area contributed by atoms with Crippen LogP contribution in [0.25, 0.3) is 0 Å². The fraction of sp³-hybridized carbons (Fsp3) is 0.789. The summed E-state index contributed by atoms with van der Waals surface area (Å²) in [5.74, 6) is -1.07. The summed E-state index contributed by atoms with van der Waals surface area (Å²) in [5.41, 5.74) is 0.0561. The molecule has 1 aliphatic rings. The first-order valence-corrected chi connectivity index (χ1v) is 9.03. The Hall–Kier alpha value is -2.30. The highest BCUT2D eigenvalue weighted by Crippen LogP contribution is 2.47. The van der Waals surface area contributed by atoms with Crippen LogP contribution in [0.2, 0.25) is 0 Å². The van der Waals surface area contributed by atoms with Crippen molar-refractivity contribution in [3.8, 4) is 0 Å². The number of nitrogens with zero attached hydrogens (tertiary/aromatic N) is 2. The number of rotatable bonds is 7. The maximum absolute atomic E-state index is 10.6. The number of hydrogen-bond acceptors (Lipinski definition) is 8. The third-order valence-electron chi connectivity index (χ3n) is 4.08. The third-order valence-corrected chi connectivity index (χ3v) is 4.08. The Kier molecular flexibility index (Phi) is 11.1. The van der Waals surface area contributed by atoms with Gasteiger partial charge in [0.05, 0.1) is 25.8 Å². The fourth-order valence-corrected chi connectivity index (χ4v) is 3.63. The van der Waals surface area contributed by atoms with E-state index in [4.69, 9.17) is 0 Å². The van der Waals surface area contributed by atoms with E-state index >= 15 is 0 Å². The minimum absolute atomic E-state index is 0.00750. The zero-order chi connectivity index (χ0) is 20.9. The Balaban J connectivity index is 0.000000541. The number of ether oxygens (including phenoxy) is 2. The van der Waals surface area contributed by atoms with Gasteiger partial charge in [0.25, 0.3) is 0 Å². The maximum atomic E-state index is 10.6. The van der Waals surface area contributed by atoms with Crippen LogP contribution in [-0.2, 0) is 28.7 Å². The molecule has 2 unspecified atom stereocenters. The molecule has 27 heavy (non-hydrogen) atoms. The molecule has 8 heteroatoms. The van der Waals surface area contributed by atoms with Crippen molar-refractivity contribution in [3.63, 3.8) is 0 Å². The van der Waals surface area contributed by atoms with Crippen molar-refractivity contribution in [3.05, 3.63) is 0 Å². The summed E-state index contributed by atoms with van der Waals surface area (Å²) in [6.07, 6.45) is 5.59. The third kappa shape index (κ3) is 11.1. The van der Waals surface area contributed by atoms with E-state index in [0.717, 1.165) is 19.3 Å². The molecule has 0 radical (unpaired) electrons. The van der Waals surface area contributed by atoms with Gasteiger partial charge in [-0.2, -0.15) is 0 Å². The summed E-state index contributed by atoms with van der Waals surface area (Å²) < 4.78 is 9.04. The zero-order valence-electron chi connectivity index (χ0n) is 16.9. The molecule has 1 saturated carbocycles. The van der Waals surface area contributed by atoms with Crippen LogP contribution >= 0.6 is 0 Å². The van der Waals surface area contributed by atoms with Crippen LogP contribution in [0.1, 0.15) is 60.3 Å². The Labute approximate surface area is 160 Å². The molecule has 0 saturated heterocycles. The van der Waals surface area contributed by atoms with Gasteiger partial charge < -0.3 is 9.47 Å². The van der Waals surface area contributed by atoms with Gasteiger partial charge in [-0.25, -0.2) is 19.6 Å². The Bertz CT molecular complexity index is 575. The van der Waals surface area contributed by atoms with Gasteiger partial charge in [0.1, 0.15) is 6.42 Å². The van der Waals surface area contributed by atoms with Crippen molar-refractivity contribution in [2.24, 2.45) is 20.8 Å². The number of carbonyl (C=O) groups is 2. The summed E-state index contributed by atoms with van der Waals surface area (Å²) in [6, 6.07) is 0.00750. The quantitative estimate of drug-likeness (QED) is 0.290. The van der Waals surface area contributed by atoms with Gasteiger partial charge in [0.15, 0.2) is 0 Å². The van der Waals surface area contributed by atoms with Crippen molar-refractivity contribution in [2.45, 2.75) is 66.3 Å². The molecular formula is C19H30N2O6. The lowest BCUT2D eigenvalue weighted by Gasteiger charge is -2.44. The van der Waals surface area contributed by atoms with E-state index in [9.17, 15) is 19.2 Å². The predicted molar refractivity (Wildman–Crippen MR) is 98.5 cm³/mol. The molecule has 0 aliphatic heterocycles. The zero-order valence-corrected chi connectivity index (χ0v) is 16.9. The Morgan fingerprint density at radius 1 is 1.00 bits per heavy atom. The van der Waals surface area contributed by atoms with E-state index in [2.05, 4.69) is 40.2 Å². The molecule has 0 aromatic heterocycles. The molecule has 0 amide bonds. The van der Waals surface area contributed by atoms with Gasteiger partial charge in [-0.15, -0.1) is 0 Å². The van der Waals surface area contributed by atoms with Gasteiger partial charge in [-0.1, -0.05) is 20.8 Å². The average molecular weight is 382 g/mol. The topological polar surface area (TPSA) is 111 Å². The first kappa shape index (κ1) is 24.7. The largest absolute Gasteiger partial charge is 0.466 e. The van der Waals surface area contributed by atoms with Crippen LogP contribution in [0, 0.1) is 10.8 Å². The number of aliphatic imine (C=N–C) groups is 2. The molecule has 0 aromatic carbocycles. The number of esters is 2. The van der Waals surface area contributed by atoms with Crippen LogP contribution in [-0.4, -0.2) is 49.9 Å². The first-order valence-electron chi connectivity index (χ1n) is 9.03. The summed E-state index contributed by atoms with van der Waals surface area (Å²) in [7, 11) is 0. The predicted octanol–water partition coefficient (Wildman–Crippen LogP) is 2.75. The highest BCUT2D eigenvalue weighted by atomic mass is 16.5. The molecule has 8 nitrogen and oxygen atoms in total. The molecule has 0 aromatic rings. The lowest BCUT2D eigenvalue weighted by molar-refractivity contribution is -0.153. The van der Waals surface area contributed by atoms with Gasteiger partial charge in [0, 0.05) is 0 Å². The van der Waals surface area contributed by atoms with Gasteiger partial charge >= 0.3 is 11.9 Å².